The second kappa shape index (κ2) is 9.23. The first kappa shape index (κ1) is 19.7. The molecule has 1 amide bonds. The van der Waals surface area contributed by atoms with E-state index in [1.54, 1.807) is 31.9 Å². The lowest BCUT2D eigenvalue weighted by Gasteiger charge is -2.18. The molecule has 0 aliphatic carbocycles. The molecule has 28 heavy (non-hydrogen) atoms. The summed E-state index contributed by atoms with van der Waals surface area (Å²) in [4.78, 5) is 17.0. The van der Waals surface area contributed by atoms with Crippen LogP contribution in [-0.4, -0.2) is 25.1 Å². The summed E-state index contributed by atoms with van der Waals surface area (Å²) in [5.41, 5.74) is 3.97. The van der Waals surface area contributed by atoms with E-state index in [2.05, 4.69) is 10.3 Å². The van der Waals surface area contributed by atoms with Crippen LogP contribution in [0.2, 0.25) is 0 Å². The summed E-state index contributed by atoms with van der Waals surface area (Å²) < 4.78 is 16.4. The zero-order valence-corrected chi connectivity index (χ0v) is 16.8. The molecule has 1 atom stereocenters. The van der Waals surface area contributed by atoms with Crippen LogP contribution >= 0.6 is 11.3 Å². The topological polar surface area (TPSA) is 69.7 Å². The first-order valence-corrected chi connectivity index (χ1v) is 9.68. The summed E-state index contributed by atoms with van der Waals surface area (Å²) in [6.07, 6.45) is 0. The van der Waals surface area contributed by atoms with Crippen molar-refractivity contribution in [2.24, 2.45) is 0 Å². The van der Waals surface area contributed by atoms with Crippen LogP contribution in [0.15, 0.2) is 53.4 Å². The van der Waals surface area contributed by atoms with Gasteiger partial charge in [0.1, 0.15) is 12.4 Å². The Balaban J connectivity index is 1.72. The van der Waals surface area contributed by atoms with Crippen LogP contribution in [0.1, 0.15) is 34.6 Å². The van der Waals surface area contributed by atoms with Crippen molar-refractivity contribution in [2.45, 2.75) is 19.6 Å². The maximum absolute atomic E-state index is 12.8. The number of para-hydroxylation sites is 1. The van der Waals surface area contributed by atoms with Gasteiger partial charge in [0.15, 0.2) is 11.5 Å². The largest absolute Gasteiger partial charge is 0.493 e. The predicted molar refractivity (Wildman–Crippen MR) is 108 cm³/mol. The Morgan fingerprint density at radius 2 is 1.89 bits per heavy atom. The Kier molecular flexibility index (Phi) is 6.49. The van der Waals surface area contributed by atoms with Gasteiger partial charge in [0, 0.05) is 5.38 Å². The molecule has 0 radical (unpaired) electrons. The summed E-state index contributed by atoms with van der Waals surface area (Å²) in [6, 6.07) is 12.5. The molecule has 0 fully saturated rings. The highest BCUT2D eigenvalue weighted by Gasteiger charge is 2.17. The Hall–Kier alpha value is -3.06. The van der Waals surface area contributed by atoms with Crippen LogP contribution in [0.3, 0.4) is 0 Å². The van der Waals surface area contributed by atoms with E-state index in [9.17, 15) is 4.79 Å². The van der Waals surface area contributed by atoms with Crippen molar-refractivity contribution in [3.05, 3.63) is 70.2 Å². The smallest absolute Gasteiger partial charge is 0.255 e. The molecule has 1 aromatic heterocycles. The molecule has 6 nitrogen and oxygen atoms in total. The van der Waals surface area contributed by atoms with Gasteiger partial charge in [-0.3, -0.25) is 4.79 Å². The highest BCUT2D eigenvalue weighted by Crippen LogP contribution is 2.30. The molecule has 1 heterocycles. The second-order valence-corrected chi connectivity index (χ2v) is 6.79. The SMILES string of the molecule is COc1ccc(C(C)NC(=O)c2ccccc2OCc2cscn2)cc1OC. The average molecular weight is 398 g/mol. The van der Waals surface area contributed by atoms with Crippen LogP contribution in [0.25, 0.3) is 0 Å². The lowest BCUT2D eigenvalue weighted by atomic mass is 10.1. The molecule has 0 aliphatic rings. The van der Waals surface area contributed by atoms with Crippen LogP contribution in [0.4, 0.5) is 0 Å². The number of aromatic nitrogens is 1. The van der Waals surface area contributed by atoms with Gasteiger partial charge >= 0.3 is 0 Å². The van der Waals surface area contributed by atoms with E-state index in [0.717, 1.165) is 11.3 Å². The van der Waals surface area contributed by atoms with E-state index in [1.165, 1.54) is 11.3 Å². The van der Waals surface area contributed by atoms with Crippen molar-refractivity contribution in [1.82, 2.24) is 10.3 Å². The lowest BCUT2D eigenvalue weighted by molar-refractivity contribution is 0.0935. The number of thiazole rings is 1. The van der Waals surface area contributed by atoms with E-state index in [-0.39, 0.29) is 11.9 Å². The van der Waals surface area contributed by atoms with Crippen LogP contribution in [0.5, 0.6) is 17.2 Å². The maximum Gasteiger partial charge on any atom is 0.255 e. The second-order valence-electron chi connectivity index (χ2n) is 6.07. The van der Waals surface area contributed by atoms with Crippen molar-refractivity contribution >= 4 is 17.2 Å². The highest BCUT2D eigenvalue weighted by molar-refractivity contribution is 7.07. The summed E-state index contributed by atoms with van der Waals surface area (Å²) in [6.45, 7) is 2.23. The van der Waals surface area contributed by atoms with E-state index in [1.807, 2.05) is 42.6 Å². The summed E-state index contributed by atoms with van der Waals surface area (Å²) in [5.74, 6) is 1.57. The minimum absolute atomic E-state index is 0.212. The molecule has 1 unspecified atom stereocenters. The summed E-state index contributed by atoms with van der Waals surface area (Å²) >= 11 is 1.51. The van der Waals surface area contributed by atoms with Crippen molar-refractivity contribution in [2.75, 3.05) is 14.2 Å². The molecule has 3 aromatic rings. The Morgan fingerprint density at radius 1 is 1.11 bits per heavy atom. The van der Waals surface area contributed by atoms with Crippen molar-refractivity contribution in [1.29, 1.82) is 0 Å². The number of carbonyl (C=O) groups is 1. The van der Waals surface area contributed by atoms with Crippen LogP contribution in [-0.2, 0) is 6.61 Å². The molecule has 3 rings (SSSR count). The Labute approximate surface area is 168 Å². The standard InChI is InChI=1S/C21H22N2O4S/c1-14(15-8-9-19(25-2)20(10-15)26-3)23-21(24)17-6-4-5-7-18(17)27-11-16-12-28-13-22-16/h4-10,12-14H,11H2,1-3H3,(H,23,24). The molecular weight excluding hydrogens is 376 g/mol. The number of nitrogens with zero attached hydrogens (tertiary/aromatic N) is 1. The van der Waals surface area contributed by atoms with E-state index in [4.69, 9.17) is 14.2 Å². The van der Waals surface area contributed by atoms with Crippen molar-refractivity contribution < 1.29 is 19.0 Å². The molecule has 0 spiro atoms. The normalized spacial score (nSPS) is 11.5. The molecule has 0 saturated carbocycles. The third-order valence-corrected chi connectivity index (χ3v) is 4.88. The minimum atomic E-state index is -0.223. The molecule has 1 N–H and O–H groups in total. The van der Waals surface area contributed by atoms with Gasteiger partial charge < -0.3 is 19.5 Å². The fourth-order valence-electron chi connectivity index (χ4n) is 2.72. The third kappa shape index (κ3) is 4.61. The van der Waals surface area contributed by atoms with Crippen LogP contribution < -0.4 is 19.5 Å². The lowest BCUT2D eigenvalue weighted by Crippen LogP contribution is -2.27. The fraction of sp³-hybridized carbons (Fsp3) is 0.238. The Morgan fingerprint density at radius 3 is 2.61 bits per heavy atom. The van der Waals surface area contributed by atoms with Gasteiger partial charge in [-0.1, -0.05) is 18.2 Å². The zero-order chi connectivity index (χ0) is 19.9. The number of amides is 1. The number of hydrogen-bond donors (Lipinski definition) is 1. The first-order valence-electron chi connectivity index (χ1n) is 8.74. The number of carbonyl (C=O) groups excluding carboxylic acids is 1. The van der Waals surface area contributed by atoms with Gasteiger partial charge in [0.05, 0.1) is 37.0 Å². The van der Waals surface area contributed by atoms with Gasteiger partial charge in [-0.2, -0.15) is 0 Å². The zero-order valence-electron chi connectivity index (χ0n) is 16.0. The number of rotatable bonds is 8. The van der Waals surface area contributed by atoms with Crippen molar-refractivity contribution in [3.8, 4) is 17.2 Å². The first-order chi connectivity index (χ1) is 13.6. The summed E-state index contributed by atoms with van der Waals surface area (Å²) in [5, 5.41) is 4.92. The van der Waals surface area contributed by atoms with Gasteiger partial charge in [-0.25, -0.2) is 4.98 Å². The monoisotopic (exact) mass is 398 g/mol. The minimum Gasteiger partial charge on any atom is -0.493 e. The van der Waals surface area contributed by atoms with Crippen molar-refractivity contribution in [3.63, 3.8) is 0 Å². The number of ether oxygens (including phenoxy) is 3. The number of nitrogens with one attached hydrogen (secondary N) is 1. The van der Waals surface area contributed by atoms with E-state index in [0.29, 0.717) is 29.4 Å². The fourth-order valence-corrected chi connectivity index (χ4v) is 3.26. The number of benzene rings is 2. The van der Waals surface area contributed by atoms with E-state index >= 15 is 0 Å². The highest BCUT2D eigenvalue weighted by atomic mass is 32.1. The molecule has 0 aliphatic heterocycles. The molecule has 7 heteroatoms. The van der Waals surface area contributed by atoms with Crippen LogP contribution in [0, 0.1) is 0 Å². The maximum atomic E-state index is 12.8. The number of methoxy groups -OCH3 is 2. The molecule has 146 valence electrons. The van der Waals surface area contributed by atoms with E-state index < -0.39 is 0 Å². The predicted octanol–water partition coefficient (Wildman–Crippen LogP) is 4.23. The van der Waals surface area contributed by atoms with Gasteiger partial charge in [-0.05, 0) is 36.8 Å². The van der Waals surface area contributed by atoms with Gasteiger partial charge in [-0.15, -0.1) is 11.3 Å². The number of hydrogen-bond acceptors (Lipinski definition) is 6. The quantitative estimate of drug-likeness (QED) is 0.615. The van der Waals surface area contributed by atoms with Gasteiger partial charge in [0.2, 0.25) is 0 Å². The molecule has 2 aromatic carbocycles. The molecular formula is C21H22N2O4S. The van der Waals surface area contributed by atoms with Gasteiger partial charge in [0.25, 0.3) is 5.91 Å². The Bertz CT molecular complexity index is 928. The third-order valence-electron chi connectivity index (χ3n) is 4.25. The average Bonchev–Trinajstić information content (AvgIpc) is 3.25. The molecule has 0 bridgehead atoms. The summed E-state index contributed by atoms with van der Waals surface area (Å²) in [7, 11) is 3.17. The molecule has 0 saturated heterocycles.